The van der Waals surface area contributed by atoms with Crippen molar-refractivity contribution in [2.45, 2.75) is 18.7 Å². The maximum Gasteiger partial charge on any atom is 0.237 e. The van der Waals surface area contributed by atoms with Crippen LogP contribution >= 0.6 is 27.5 Å². The molecule has 1 rings (SSSR count). The highest BCUT2D eigenvalue weighted by molar-refractivity contribution is 9.10. The molecule has 1 aromatic carbocycles. The molecule has 0 aromatic heterocycles. The molecule has 1 atom stereocenters. The summed E-state index contributed by atoms with van der Waals surface area (Å²) in [6.07, 6.45) is 0. The summed E-state index contributed by atoms with van der Waals surface area (Å²) in [6, 6.07) is 4.89. The van der Waals surface area contributed by atoms with Crippen molar-refractivity contribution in [1.29, 1.82) is 0 Å². The zero-order valence-electron chi connectivity index (χ0n) is 9.38. The summed E-state index contributed by atoms with van der Waals surface area (Å²) in [5, 5.41) is 5.64. The second kappa shape index (κ2) is 6.02. The largest absolute Gasteiger partial charge is 0.325 e. The molecule has 2 N–H and O–H groups in total. The standard InChI is InChI=1S/C11H12BrClN2O2/c1-6(12)11(17)15-8-3-4-10(9(13)5-8)14-7(2)16/h3-6H,1-2H3,(H,14,16)(H,15,17). The average molecular weight is 320 g/mol. The van der Waals surface area contributed by atoms with E-state index >= 15 is 0 Å². The fourth-order valence-corrected chi connectivity index (χ4v) is 1.47. The van der Waals surface area contributed by atoms with E-state index in [1.165, 1.54) is 6.92 Å². The molecule has 0 heterocycles. The van der Waals surface area contributed by atoms with Gasteiger partial charge in [0, 0.05) is 12.6 Å². The van der Waals surface area contributed by atoms with Crippen LogP contribution < -0.4 is 10.6 Å². The smallest absolute Gasteiger partial charge is 0.237 e. The van der Waals surface area contributed by atoms with Gasteiger partial charge in [0.05, 0.1) is 15.5 Å². The topological polar surface area (TPSA) is 58.2 Å². The fraction of sp³-hybridized carbons (Fsp3) is 0.273. The van der Waals surface area contributed by atoms with Crippen LogP contribution in [0.2, 0.25) is 5.02 Å². The van der Waals surface area contributed by atoms with Gasteiger partial charge in [-0.05, 0) is 25.1 Å². The minimum atomic E-state index is -0.281. The average Bonchev–Trinajstić information content (AvgIpc) is 2.21. The van der Waals surface area contributed by atoms with Gasteiger partial charge < -0.3 is 10.6 Å². The van der Waals surface area contributed by atoms with Gasteiger partial charge in [0.15, 0.2) is 0 Å². The molecule has 1 aromatic rings. The highest BCUT2D eigenvalue weighted by atomic mass is 79.9. The summed E-state index contributed by atoms with van der Waals surface area (Å²) in [6.45, 7) is 3.13. The number of carbonyl (C=O) groups excluding carboxylic acids is 2. The van der Waals surface area contributed by atoms with E-state index in [1.807, 2.05) is 0 Å². The lowest BCUT2D eigenvalue weighted by atomic mass is 10.2. The van der Waals surface area contributed by atoms with Crippen LogP contribution in [-0.2, 0) is 9.59 Å². The van der Waals surface area contributed by atoms with Gasteiger partial charge in [-0.3, -0.25) is 9.59 Å². The summed E-state index contributed by atoms with van der Waals surface area (Å²) >= 11 is 9.12. The molecule has 0 spiro atoms. The summed E-state index contributed by atoms with van der Waals surface area (Å²) < 4.78 is 0. The second-order valence-corrected chi connectivity index (χ2v) is 5.26. The van der Waals surface area contributed by atoms with E-state index in [0.717, 1.165) is 0 Å². The Morgan fingerprint density at radius 2 is 2.00 bits per heavy atom. The van der Waals surface area contributed by atoms with Crippen LogP contribution in [0.5, 0.6) is 0 Å². The molecule has 0 aliphatic heterocycles. The molecule has 0 fully saturated rings. The normalized spacial score (nSPS) is 11.8. The first-order valence-electron chi connectivity index (χ1n) is 4.92. The highest BCUT2D eigenvalue weighted by Gasteiger charge is 2.10. The van der Waals surface area contributed by atoms with Crippen LogP contribution in [0, 0.1) is 0 Å². The highest BCUT2D eigenvalue weighted by Crippen LogP contribution is 2.25. The zero-order chi connectivity index (χ0) is 13.0. The molecule has 2 amide bonds. The molecule has 4 nitrogen and oxygen atoms in total. The van der Waals surface area contributed by atoms with Crippen molar-refractivity contribution in [2.24, 2.45) is 0 Å². The molecular formula is C11H12BrClN2O2. The molecule has 0 bridgehead atoms. The Labute approximate surface area is 113 Å². The van der Waals surface area contributed by atoms with Crippen molar-refractivity contribution in [3.63, 3.8) is 0 Å². The number of amides is 2. The number of hydrogen-bond donors (Lipinski definition) is 2. The van der Waals surface area contributed by atoms with Crippen molar-refractivity contribution in [2.75, 3.05) is 10.6 Å². The van der Waals surface area contributed by atoms with Crippen molar-refractivity contribution in [3.8, 4) is 0 Å². The zero-order valence-corrected chi connectivity index (χ0v) is 11.7. The Hall–Kier alpha value is -1.07. The van der Waals surface area contributed by atoms with Gasteiger partial charge in [0.2, 0.25) is 11.8 Å². The second-order valence-electron chi connectivity index (χ2n) is 3.48. The molecule has 17 heavy (non-hydrogen) atoms. The lowest BCUT2D eigenvalue weighted by molar-refractivity contribution is -0.115. The van der Waals surface area contributed by atoms with Crippen LogP contribution in [0.4, 0.5) is 11.4 Å². The van der Waals surface area contributed by atoms with Gasteiger partial charge in [-0.15, -0.1) is 0 Å². The third-order valence-electron chi connectivity index (χ3n) is 1.91. The lowest BCUT2D eigenvalue weighted by Gasteiger charge is -2.09. The van der Waals surface area contributed by atoms with Crippen LogP contribution in [0.15, 0.2) is 18.2 Å². The van der Waals surface area contributed by atoms with Crippen molar-refractivity contribution in [1.82, 2.24) is 0 Å². The first kappa shape index (κ1) is 14.0. The van der Waals surface area contributed by atoms with Gasteiger partial charge >= 0.3 is 0 Å². The molecule has 0 aliphatic carbocycles. The van der Waals surface area contributed by atoms with Crippen molar-refractivity contribution < 1.29 is 9.59 Å². The van der Waals surface area contributed by atoms with E-state index in [0.29, 0.717) is 16.4 Å². The molecular weight excluding hydrogens is 307 g/mol. The van der Waals surface area contributed by atoms with E-state index in [2.05, 4.69) is 26.6 Å². The molecule has 92 valence electrons. The van der Waals surface area contributed by atoms with Gasteiger partial charge in [0.25, 0.3) is 0 Å². The Morgan fingerprint density at radius 3 is 2.47 bits per heavy atom. The van der Waals surface area contributed by atoms with Gasteiger partial charge in [-0.25, -0.2) is 0 Å². The Balaban J connectivity index is 2.82. The number of carbonyl (C=O) groups is 2. The summed E-state index contributed by atoms with van der Waals surface area (Å²) in [5.74, 6) is -0.355. The molecule has 1 unspecified atom stereocenters. The van der Waals surface area contributed by atoms with Crippen LogP contribution in [0.1, 0.15) is 13.8 Å². The molecule has 0 saturated carbocycles. The number of anilines is 2. The first-order chi connectivity index (χ1) is 7.90. The quantitative estimate of drug-likeness (QED) is 0.841. The van der Waals surface area contributed by atoms with Crippen LogP contribution in [-0.4, -0.2) is 16.6 Å². The fourth-order valence-electron chi connectivity index (χ4n) is 1.13. The summed E-state index contributed by atoms with van der Waals surface area (Å²) in [4.78, 5) is 22.0. The first-order valence-corrected chi connectivity index (χ1v) is 6.21. The molecule has 0 radical (unpaired) electrons. The predicted octanol–water partition coefficient (Wildman–Crippen LogP) is 3.02. The van der Waals surface area contributed by atoms with Gasteiger partial charge in [-0.1, -0.05) is 27.5 Å². The number of alkyl halides is 1. The van der Waals surface area contributed by atoms with Crippen LogP contribution in [0.3, 0.4) is 0 Å². The maximum absolute atomic E-state index is 11.4. The number of halogens is 2. The van der Waals surface area contributed by atoms with E-state index in [4.69, 9.17) is 11.6 Å². The number of hydrogen-bond acceptors (Lipinski definition) is 2. The van der Waals surface area contributed by atoms with E-state index < -0.39 is 0 Å². The maximum atomic E-state index is 11.4. The Kier molecular flexibility index (Phi) is 4.96. The van der Waals surface area contributed by atoms with E-state index in [9.17, 15) is 9.59 Å². The predicted molar refractivity (Wildman–Crippen MR) is 72.8 cm³/mol. The molecule has 0 aliphatic rings. The SMILES string of the molecule is CC(=O)Nc1ccc(NC(=O)C(C)Br)cc1Cl. The van der Waals surface area contributed by atoms with E-state index in [1.54, 1.807) is 25.1 Å². The number of benzene rings is 1. The summed E-state index contributed by atoms with van der Waals surface area (Å²) in [7, 11) is 0. The third-order valence-corrected chi connectivity index (χ3v) is 2.64. The Morgan fingerprint density at radius 1 is 1.35 bits per heavy atom. The number of nitrogens with one attached hydrogen (secondary N) is 2. The monoisotopic (exact) mass is 318 g/mol. The van der Waals surface area contributed by atoms with Crippen LogP contribution in [0.25, 0.3) is 0 Å². The minimum Gasteiger partial charge on any atom is -0.325 e. The van der Waals surface area contributed by atoms with Crippen molar-refractivity contribution >= 4 is 50.7 Å². The molecule has 0 saturated heterocycles. The van der Waals surface area contributed by atoms with Crippen molar-refractivity contribution in [3.05, 3.63) is 23.2 Å². The van der Waals surface area contributed by atoms with Gasteiger partial charge in [-0.2, -0.15) is 0 Å². The third kappa shape index (κ3) is 4.36. The van der Waals surface area contributed by atoms with E-state index in [-0.39, 0.29) is 16.6 Å². The minimum absolute atomic E-state index is 0.159. The Bertz CT molecular complexity index is 449. The van der Waals surface area contributed by atoms with Gasteiger partial charge in [0.1, 0.15) is 0 Å². The lowest BCUT2D eigenvalue weighted by Crippen LogP contribution is -2.19. The molecule has 6 heteroatoms. The summed E-state index contributed by atoms with van der Waals surface area (Å²) in [5.41, 5.74) is 1.10. The number of rotatable bonds is 3.